The highest BCUT2D eigenvalue weighted by Gasteiger charge is 2.28. The average molecular weight is 419 g/mol. The second kappa shape index (κ2) is 7.98. The predicted molar refractivity (Wildman–Crippen MR) is 116 cm³/mol. The number of ether oxygens (including phenoxy) is 2. The van der Waals surface area contributed by atoms with Gasteiger partial charge < -0.3 is 24.3 Å². The highest BCUT2D eigenvalue weighted by atomic mass is 16.7. The van der Waals surface area contributed by atoms with Crippen LogP contribution >= 0.6 is 0 Å². The molecule has 1 aromatic heterocycles. The van der Waals surface area contributed by atoms with E-state index in [-0.39, 0.29) is 24.5 Å². The van der Waals surface area contributed by atoms with Gasteiger partial charge in [0.2, 0.25) is 18.6 Å². The van der Waals surface area contributed by atoms with E-state index in [1.165, 1.54) is 0 Å². The Labute approximate surface area is 180 Å². The zero-order chi connectivity index (χ0) is 21.4. The molecule has 2 aromatic carbocycles. The number of nitrogens with one attached hydrogen (secondary N) is 1. The second-order valence-corrected chi connectivity index (χ2v) is 8.05. The number of aromatic nitrogens is 1. The summed E-state index contributed by atoms with van der Waals surface area (Å²) < 4.78 is 11.1. The average Bonchev–Trinajstić information content (AvgIpc) is 3.44. The molecule has 1 N–H and O–H groups in total. The summed E-state index contributed by atoms with van der Waals surface area (Å²) in [4.78, 5) is 31.9. The van der Waals surface area contributed by atoms with Crippen molar-refractivity contribution in [1.82, 2.24) is 14.8 Å². The largest absolute Gasteiger partial charge is 0.454 e. The van der Waals surface area contributed by atoms with Gasteiger partial charge in [-0.15, -0.1) is 0 Å². The van der Waals surface area contributed by atoms with Crippen molar-refractivity contribution in [3.8, 4) is 11.5 Å². The van der Waals surface area contributed by atoms with Crippen molar-refractivity contribution in [1.29, 1.82) is 0 Å². The maximum Gasteiger partial charge on any atom is 0.231 e. The molecule has 5 rings (SSSR count). The third-order valence-corrected chi connectivity index (χ3v) is 6.25. The Balaban J connectivity index is 1.45. The van der Waals surface area contributed by atoms with Crippen molar-refractivity contribution >= 4 is 22.7 Å². The molecular weight excluding hydrogens is 394 g/mol. The number of para-hydroxylation sites is 1. The van der Waals surface area contributed by atoms with Crippen molar-refractivity contribution in [3.05, 3.63) is 59.8 Å². The topological polar surface area (TPSA) is 74.9 Å². The minimum atomic E-state index is -0.121. The number of hydrogen-bond acceptors (Lipinski definition) is 4. The first-order chi connectivity index (χ1) is 15.1. The van der Waals surface area contributed by atoms with Crippen LogP contribution in [-0.2, 0) is 9.59 Å². The Kier molecular flexibility index (Phi) is 5.02. The third-order valence-electron chi connectivity index (χ3n) is 6.25. The van der Waals surface area contributed by atoms with Crippen LogP contribution in [0.1, 0.15) is 30.4 Å². The third kappa shape index (κ3) is 3.71. The van der Waals surface area contributed by atoms with E-state index in [1.807, 2.05) is 47.5 Å². The van der Waals surface area contributed by atoms with Gasteiger partial charge >= 0.3 is 0 Å². The molecule has 3 aromatic rings. The summed E-state index contributed by atoms with van der Waals surface area (Å²) in [5, 5.41) is 1.11. The molecule has 1 fully saturated rings. The highest BCUT2D eigenvalue weighted by molar-refractivity contribution is 5.86. The number of nitrogens with zero attached hydrogens (tertiary/aromatic N) is 2. The lowest BCUT2D eigenvalue weighted by Crippen LogP contribution is -2.50. The van der Waals surface area contributed by atoms with Gasteiger partial charge in [0.1, 0.15) is 0 Å². The van der Waals surface area contributed by atoms with Crippen LogP contribution < -0.4 is 9.47 Å². The van der Waals surface area contributed by atoms with E-state index in [4.69, 9.17) is 9.47 Å². The molecule has 0 bridgehead atoms. The molecule has 160 valence electrons. The smallest absolute Gasteiger partial charge is 0.231 e. The molecule has 0 saturated carbocycles. The first kappa shape index (κ1) is 19.5. The number of carbonyl (C=O) groups excluding carboxylic acids is 2. The molecule has 0 aliphatic carbocycles. The Bertz CT molecular complexity index is 1130. The van der Waals surface area contributed by atoms with Crippen LogP contribution in [0.25, 0.3) is 10.9 Å². The number of amides is 2. The van der Waals surface area contributed by atoms with Crippen LogP contribution in [0, 0.1) is 0 Å². The fourth-order valence-electron chi connectivity index (χ4n) is 4.49. The molecule has 0 radical (unpaired) electrons. The molecule has 1 saturated heterocycles. The Hall–Kier alpha value is -3.48. The minimum Gasteiger partial charge on any atom is -0.454 e. The van der Waals surface area contributed by atoms with Crippen molar-refractivity contribution in [2.75, 3.05) is 33.0 Å². The molecular formula is C24H25N3O4. The lowest BCUT2D eigenvalue weighted by molar-refractivity contribution is -0.138. The van der Waals surface area contributed by atoms with Crippen LogP contribution in [-0.4, -0.2) is 59.6 Å². The quantitative estimate of drug-likeness (QED) is 0.705. The molecule has 7 heteroatoms. The fourth-order valence-corrected chi connectivity index (χ4v) is 4.49. The van der Waals surface area contributed by atoms with Crippen molar-refractivity contribution in [2.45, 2.75) is 19.3 Å². The van der Waals surface area contributed by atoms with E-state index in [2.05, 4.69) is 11.1 Å². The molecule has 0 spiro atoms. The predicted octanol–water partition coefficient (Wildman–Crippen LogP) is 3.11. The Morgan fingerprint density at radius 2 is 1.74 bits per heavy atom. The van der Waals surface area contributed by atoms with Gasteiger partial charge in [-0.05, 0) is 29.3 Å². The van der Waals surface area contributed by atoms with Gasteiger partial charge in [0, 0.05) is 62.5 Å². The summed E-state index contributed by atoms with van der Waals surface area (Å²) in [6.45, 7) is 4.10. The highest BCUT2D eigenvalue weighted by Crippen LogP contribution is 2.39. The van der Waals surface area contributed by atoms with Gasteiger partial charge in [0.25, 0.3) is 0 Å². The SMILES string of the molecule is CC(=O)N1CCN(C(=O)C[C@H](c2ccc3c(c2)OCO3)c2c[nH]c3ccccc23)CC1. The lowest BCUT2D eigenvalue weighted by atomic mass is 9.87. The molecule has 7 nitrogen and oxygen atoms in total. The number of rotatable bonds is 4. The summed E-state index contributed by atoms with van der Waals surface area (Å²) in [7, 11) is 0. The summed E-state index contributed by atoms with van der Waals surface area (Å²) >= 11 is 0. The van der Waals surface area contributed by atoms with Gasteiger partial charge in [0.05, 0.1) is 0 Å². The number of carbonyl (C=O) groups is 2. The van der Waals surface area contributed by atoms with Crippen LogP contribution in [0.3, 0.4) is 0 Å². The number of fused-ring (bicyclic) bond motifs is 2. The molecule has 1 atom stereocenters. The van der Waals surface area contributed by atoms with Gasteiger partial charge in [0.15, 0.2) is 11.5 Å². The Morgan fingerprint density at radius 3 is 2.55 bits per heavy atom. The van der Waals surface area contributed by atoms with Crippen molar-refractivity contribution < 1.29 is 19.1 Å². The number of H-pyrrole nitrogens is 1. The fraction of sp³-hybridized carbons (Fsp3) is 0.333. The molecule has 2 aliphatic heterocycles. The number of aromatic amines is 1. The molecule has 3 heterocycles. The van der Waals surface area contributed by atoms with E-state index < -0.39 is 0 Å². The minimum absolute atomic E-state index is 0.0594. The van der Waals surface area contributed by atoms with Crippen LogP contribution in [0.5, 0.6) is 11.5 Å². The van der Waals surface area contributed by atoms with E-state index >= 15 is 0 Å². The van der Waals surface area contributed by atoms with E-state index in [1.54, 1.807) is 11.8 Å². The summed E-state index contributed by atoms with van der Waals surface area (Å²) in [6, 6.07) is 14.0. The van der Waals surface area contributed by atoms with Crippen molar-refractivity contribution in [3.63, 3.8) is 0 Å². The van der Waals surface area contributed by atoms with E-state index in [0.717, 1.165) is 27.8 Å². The van der Waals surface area contributed by atoms with Crippen LogP contribution in [0.15, 0.2) is 48.7 Å². The van der Waals surface area contributed by atoms with Crippen LogP contribution in [0.4, 0.5) is 0 Å². The molecule has 2 aliphatic rings. The number of benzene rings is 2. The first-order valence-corrected chi connectivity index (χ1v) is 10.6. The lowest BCUT2D eigenvalue weighted by Gasteiger charge is -2.35. The normalized spacial score (nSPS) is 16.5. The van der Waals surface area contributed by atoms with E-state index in [0.29, 0.717) is 38.3 Å². The van der Waals surface area contributed by atoms with Crippen LogP contribution in [0.2, 0.25) is 0 Å². The van der Waals surface area contributed by atoms with Gasteiger partial charge in [-0.25, -0.2) is 0 Å². The molecule has 2 amide bonds. The van der Waals surface area contributed by atoms with Crippen molar-refractivity contribution in [2.24, 2.45) is 0 Å². The van der Waals surface area contributed by atoms with Gasteiger partial charge in [-0.1, -0.05) is 24.3 Å². The standard InChI is InChI=1S/C24H25N3O4/c1-16(28)26-8-10-27(11-9-26)24(29)13-19(17-6-7-22-23(12-17)31-15-30-22)20-14-25-21-5-3-2-4-18(20)21/h2-7,12,14,19,25H,8-11,13,15H2,1H3/t19-/m1/s1. The summed E-state index contributed by atoms with van der Waals surface area (Å²) in [6.07, 6.45) is 2.35. The second-order valence-electron chi connectivity index (χ2n) is 8.05. The first-order valence-electron chi connectivity index (χ1n) is 10.6. The maximum atomic E-state index is 13.3. The monoisotopic (exact) mass is 419 g/mol. The maximum absolute atomic E-state index is 13.3. The summed E-state index contributed by atoms with van der Waals surface area (Å²) in [5.41, 5.74) is 3.15. The zero-order valence-corrected chi connectivity index (χ0v) is 17.5. The molecule has 31 heavy (non-hydrogen) atoms. The molecule has 0 unspecified atom stereocenters. The van der Waals surface area contributed by atoms with Gasteiger partial charge in [-0.2, -0.15) is 0 Å². The Morgan fingerprint density at radius 1 is 1.00 bits per heavy atom. The van der Waals surface area contributed by atoms with Gasteiger partial charge in [-0.3, -0.25) is 9.59 Å². The number of hydrogen-bond donors (Lipinski definition) is 1. The summed E-state index contributed by atoms with van der Waals surface area (Å²) in [5.74, 6) is 1.47. The number of piperazine rings is 1. The zero-order valence-electron chi connectivity index (χ0n) is 17.5. The van der Waals surface area contributed by atoms with E-state index in [9.17, 15) is 9.59 Å².